The Morgan fingerprint density at radius 2 is 1.38 bits per heavy atom. The van der Waals surface area contributed by atoms with Gasteiger partial charge in [-0.15, -0.1) is 0 Å². The third-order valence-electron chi connectivity index (χ3n) is 3.32. The van der Waals surface area contributed by atoms with Crippen LogP contribution in [0.1, 0.15) is 44.9 Å². The van der Waals surface area contributed by atoms with Gasteiger partial charge in [0.25, 0.3) is 0 Å². The molecule has 0 unspecified atom stereocenters. The summed E-state index contributed by atoms with van der Waals surface area (Å²) in [5, 5.41) is 8.94. The first-order chi connectivity index (χ1) is 12.5. The number of carboxylic acid groups (broad SMARTS) is 1. The van der Waals surface area contributed by atoms with E-state index in [0.29, 0.717) is 4.90 Å². The molecule has 0 aromatic heterocycles. The number of esters is 2. The molecule has 0 spiro atoms. The number of hydrogen-bond acceptors (Lipinski definition) is 6. The number of carbonyl (C=O) groups excluding carboxylic acids is 2. The standard InChI is InChI=1S/C19H18O6S/c1-3-24-18(22)15-10-9-14(11-16(15)19(23)25-4-2)26-13-7-5-12(6-8-13)17(20)21/h5-11H,3-4H2,1-2H3,(H,20,21). The van der Waals surface area contributed by atoms with Crippen molar-refractivity contribution in [2.75, 3.05) is 13.2 Å². The smallest absolute Gasteiger partial charge is 0.339 e. The molecule has 0 heterocycles. The number of aromatic carboxylic acids is 1. The third-order valence-corrected chi connectivity index (χ3v) is 4.32. The summed E-state index contributed by atoms with van der Waals surface area (Å²) in [6.45, 7) is 3.76. The van der Waals surface area contributed by atoms with Gasteiger partial charge in [0.05, 0.1) is 29.9 Å². The van der Waals surface area contributed by atoms with Gasteiger partial charge in [0.1, 0.15) is 0 Å². The van der Waals surface area contributed by atoms with E-state index in [1.165, 1.54) is 30.0 Å². The van der Waals surface area contributed by atoms with Gasteiger partial charge in [-0.3, -0.25) is 0 Å². The molecule has 6 nitrogen and oxygen atoms in total. The Labute approximate surface area is 155 Å². The van der Waals surface area contributed by atoms with Gasteiger partial charge in [-0.1, -0.05) is 11.8 Å². The Kier molecular flexibility index (Phi) is 6.80. The van der Waals surface area contributed by atoms with Gasteiger partial charge in [0, 0.05) is 9.79 Å². The van der Waals surface area contributed by atoms with E-state index in [1.54, 1.807) is 38.1 Å². The molecule has 0 radical (unpaired) electrons. The first kappa shape index (κ1) is 19.5. The zero-order chi connectivity index (χ0) is 19.1. The van der Waals surface area contributed by atoms with Crippen molar-refractivity contribution < 1.29 is 29.0 Å². The lowest BCUT2D eigenvalue weighted by Crippen LogP contribution is -2.14. The minimum Gasteiger partial charge on any atom is -0.478 e. The monoisotopic (exact) mass is 374 g/mol. The van der Waals surface area contributed by atoms with Crippen molar-refractivity contribution in [1.82, 2.24) is 0 Å². The van der Waals surface area contributed by atoms with Crippen molar-refractivity contribution in [3.8, 4) is 0 Å². The normalized spacial score (nSPS) is 10.2. The molecule has 0 aliphatic heterocycles. The molecule has 26 heavy (non-hydrogen) atoms. The highest BCUT2D eigenvalue weighted by Gasteiger charge is 2.20. The molecule has 0 atom stereocenters. The first-order valence-corrected chi connectivity index (χ1v) is 8.77. The van der Waals surface area contributed by atoms with Crippen molar-refractivity contribution in [2.24, 2.45) is 0 Å². The van der Waals surface area contributed by atoms with E-state index >= 15 is 0 Å². The van der Waals surface area contributed by atoms with Crippen LogP contribution in [-0.2, 0) is 9.47 Å². The predicted molar refractivity (Wildman–Crippen MR) is 95.9 cm³/mol. The van der Waals surface area contributed by atoms with E-state index in [-0.39, 0.29) is 29.9 Å². The molecule has 0 aliphatic carbocycles. The van der Waals surface area contributed by atoms with Crippen molar-refractivity contribution in [1.29, 1.82) is 0 Å². The van der Waals surface area contributed by atoms with Crippen LogP contribution in [-0.4, -0.2) is 36.2 Å². The van der Waals surface area contributed by atoms with Crippen LogP contribution >= 0.6 is 11.8 Å². The quantitative estimate of drug-likeness (QED) is 0.735. The van der Waals surface area contributed by atoms with E-state index in [4.69, 9.17) is 14.6 Å². The fraction of sp³-hybridized carbons (Fsp3) is 0.211. The summed E-state index contributed by atoms with van der Waals surface area (Å²) in [7, 11) is 0. The van der Waals surface area contributed by atoms with Crippen molar-refractivity contribution >= 4 is 29.7 Å². The van der Waals surface area contributed by atoms with Crippen molar-refractivity contribution in [3.05, 3.63) is 59.2 Å². The van der Waals surface area contributed by atoms with Gasteiger partial charge in [0.2, 0.25) is 0 Å². The number of benzene rings is 2. The molecule has 1 N–H and O–H groups in total. The SMILES string of the molecule is CCOC(=O)c1ccc(Sc2ccc(C(=O)O)cc2)cc1C(=O)OCC. The second kappa shape index (κ2) is 9.05. The molecule has 0 aliphatic rings. The molecule has 0 bridgehead atoms. The van der Waals surface area contributed by atoms with E-state index in [2.05, 4.69) is 0 Å². The van der Waals surface area contributed by atoms with Gasteiger partial charge in [-0.25, -0.2) is 14.4 Å². The second-order valence-electron chi connectivity index (χ2n) is 5.08. The molecule has 0 saturated carbocycles. The van der Waals surface area contributed by atoms with Crippen LogP contribution in [0.5, 0.6) is 0 Å². The van der Waals surface area contributed by atoms with Crippen molar-refractivity contribution in [3.63, 3.8) is 0 Å². The van der Waals surface area contributed by atoms with Crippen LogP contribution in [0, 0.1) is 0 Å². The van der Waals surface area contributed by atoms with Gasteiger partial charge >= 0.3 is 17.9 Å². The first-order valence-electron chi connectivity index (χ1n) is 7.95. The minimum atomic E-state index is -0.995. The Morgan fingerprint density at radius 3 is 1.92 bits per heavy atom. The molecule has 136 valence electrons. The summed E-state index contributed by atoms with van der Waals surface area (Å²) in [4.78, 5) is 36.7. The van der Waals surface area contributed by atoms with Gasteiger partial charge in [-0.05, 0) is 56.3 Å². The third kappa shape index (κ3) is 4.86. The molecule has 0 amide bonds. The fourth-order valence-corrected chi connectivity index (χ4v) is 3.01. The summed E-state index contributed by atoms with van der Waals surface area (Å²) in [6, 6.07) is 11.2. The van der Waals surface area contributed by atoms with Crippen LogP contribution in [0.4, 0.5) is 0 Å². The molecular weight excluding hydrogens is 356 g/mol. The maximum absolute atomic E-state index is 12.2. The van der Waals surface area contributed by atoms with E-state index in [9.17, 15) is 14.4 Å². The molecule has 0 saturated heterocycles. The highest BCUT2D eigenvalue weighted by atomic mass is 32.2. The maximum atomic E-state index is 12.2. The second-order valence-corrected chi connectivity index (χ2v) is 6.23. The largest absolute Gasteiger partial charge is 0.478 e. The molecule has 7 heteroatoms. The lowest BCUT2D eigenvalue weighted by molar-refractivity contribution is 0.0478. The molecule has 0 fully saturated rings. The van der Waals surface area contributed by atoms with Gasteiger partial charge in [0.15, 0.2) is 0 Å². The molecule has 2 rings (SSSR count). The molecule has 2 aromatic carbocycles. The maximum Gasteiger partial charge on any atom is 0.339 e. The lowest BCUT2D eigenvalue weighted by Gasteiger charge is -2.10. The Balaban J connectivity index is 2.31. The minimum absolute atomic E-state index is 0.137. The van der Waals surface area contributed by atoms with E-state index in [1.807, 2.05) is 0 Å². The van der Waals surface area contributed by atoms with E-state index in [0.717, 1.165) is 4.90 Å². The van der Waals surface area contributed by atoms with Crippen LogP contribution in [0.3, 0.4) is 0 Å². The fourth-order valence-electron chi connectivity index (χ4n) is 2.15. The highest BCUT2D eigenvalue weighted by Crippen LogP contribution is 2.30. The zero-order valence-corrected chi connectivity index (χ0v) is 15.2. The summed E-state index contributed by atoms with van der Waals surface area (Å²) in [5.74, 6) is -2.18. The average Bonchev–Trinajstić information content (AvgIpc) is 2.62. The summed E-state index contributed by atoms with van der Waals surface area (Å²) in [6.07, 6.45) is 0. The van der Waals surface area contributed by atoms with Gasteiger partial charge in [-0.2, -0.15) is 0 Å². The topological polar surface area (TPSA) is 89.9 Å². The summed E-state index contributed by atoms with van der Waals surface area (Å²) < 4.78 is 10.0. The number of rotatable bonds is 7. The van der Waals surface area contributed by atoms with Crippen molar-refractivity contribution in [2.45, 2.75) is 23.6 Å². The Morgan fingerprint density at radius 1 is 0.846 bits per heavy atom. The zero-order valence-electron chi connectivity index (χ0n) is 14.4. The van der Waals surface area contributed by atoms with Crippen LogP contribution in [0.25, 0.3) is 0 Å². The number of hydrogen-bond donors (Lipinski definition) is 1. The van der Waals surface area contributed by atoms with Crippen LogP contribution in [0.15, 0.2) is 52.3 Å². The number of carboxylic acids is 1. The van der Waals surface area contributed by atoms with Crippen LogP contribution in [0.2, 0.25) is 0 Å². The molecular formula is C19H18O6S. The van der Waals surface area contributed by atoms with E-state index < -0.39 is 17.9 Å². The number of carbonyl (C=O) groups is 3. The predicted octanol–water partition coefficient (Wildman–Crippen LogP) is 3.89. The average molecular weight is 374 g/mol. The Bertz CT molecular complexity index is 813. The Hall–Kier alpha value is -2.80. The summed E-state index contributed by atoms with van der Waals surface area (Å²) in [5.41, 5.74) is 0.479. The molecule has 2 aromatic rings. The highest BCUT2D eigenvalue weighted by molar-refractivity contribution is 7.99. The lowest BCUT2D eigenvalue weighted by atomic mass is 10.1. The number of ether oxygens (including phenoxy) is 2. The summed E-state index contributed by atoms with van der Waals surface area (Å²) >= 11 is 1.34. The van der Waals surface area contributed by atoms with Gasteiger partial charge < -0.3 is 14.6 Å². The van der Waals surface area contributed by atoms with Crippen LogP contribution < -0.4 is 0 Å².